The minimum Gasteiger partial charge on any atom is -0.478 e. The van der Waals surface area contributed by atoms with Gasteiger partial charge in [0.25, 0.3) is 0 Å². The van der Waals surface area contributed by atoms with Crippen molar-refractivity contribution in [1.82, 2.24) is 9.97 Å². The first-order valence-corrected chi connectivity index (χ1v) is 7.06. The van der Waals surface area contributed by atoms with Crippen molar-refractivity contribution < 1.29 is 9.47 Å². The minimum absolute atomic E-state index is 0.377. The summed E-state index contributed by atoms with van der Waals surface area (Å²) in [5.74, 6) is 2.75. The van der Waals surface area contributed by atoms with Gasteiger partial charge in [-0.1, -0.05) is 6.92 Å². The van der Waals surface area contributed by atoms with Gasteiger partial charge in [0.15, 0.2) is 0 Å². The SMILES string of the molecule is CCOc1cc(NCC2CCOC2CC)nc(C)n1. The summed E-state index contributed by atoms with van der Waals surface area (Å²) in [6.07, 6.45) is 2.56. The molecule has 0 aromatic carbocycles. The number of hydrogen-bond acceptors (Lipinski definition) is 5. The molecule has 0 bridgehead atoms. The molecule has 5 heteroatoms. The van der Waals surface area contributed by atoms with E-state index in [9.17, 15) is 0 Å². The van der Waals surface area contributed by atoms with Crippen molar-refractivity contribution >= 4 is 5.82 Å². The average Bonchev–Trinajstić information content (AvgIpc) is 2.83. The Balaban J connectivity index is 1.95. The van der Waals surface area contributed by atoms with Crippen LogP contribution in [0, 0.1) is 12.8 Å². The molecule has 5 nitrogen and oxygen atoms in total. The fraction of sp³-hybridized carbons (Fsp3) is 0.714. The number of hydrogen-bond donors (Lipinski definition) is 1. The molecule has 1 N–H and O–H groups in total. The lowest BCUT2D eigenvalue weighted by Crippen LogP contribution is -2.23. The summed E-state index contributed by atoms with van der Waals surface area (Å²) >= 11 is 0. The Morgan fingerprint density at radius 2 is 2.26 bits per heavy atom. The summed E-state index contributed by atoms with van der Waals surface area (Å²) < 4.78 is 11.1. The van der Waals surface area contributed by atoms with Crippen molar-refractivity contribution in [3.05, 3.63) is 11.9 Å². The van der Waals surface area contributed by atoms with Crippen molar-refractivity contribution in [3.8, 4) is 5.88 Å². The highest BCUT2D eigenvalue weighted by Crippen LogP contribution is 2.24. The van der Waals surface area contributed by atoms with Crippen molar-refractivity contribution in [1.29, 1.82) is 0 Å². The average molecular weight is 265 g/mol. The number of aromatic nitrogens is 2. The zero-order chi connectivity index (χ0) is 13.7. The summed E-state index contributed by atoms with van der Waals surface area (Å²) in [7, 11) is 0. The summed E-state index contributed by atoms with van der Waals surface area (Å²) in [4.78, 5) is 8.62. The lowest BCUT2D eigenvalue weighted by molar-refractivity contribution is 0.0900. The maximum Gasteiger partial charge on any atom is 0.218 e. The number of ether oxygens (including phenoxy) is 2. The molecule has 19 heavy (non-hydrogen) atoms. The Labute approximate surface area is 114 Å². The van der Waals surface area contributed by atoms with Gasteiger partial charge in [0.2, 0.25) is 5.88 Å². The van der Waals surface area contributed by atoms with E-state index in [1.54, 1.807) is 0 Å². The Kier molecular flexibility index (Phi) is 4.96. The molecule has 2 unspecified atom stereocenters. The van der Waals surface area contributed by atoms with E-state index in [0.29, 0.717) is 24.5 Å². The Morgan fingerprint density at radius 1 is 1.42 bits per heavy atom. The quantitative estimate of drug-likeness (QED) is 0.856. The summed E-state index contributed by atoms with van der Waals surface area (Å²) in [6.45, 7) is 8.38. The molecule has 0 saturated carbocycles. The zero-order valence-electron chi connectivity index (χ0n) is 12.0. The van der Waals surface area contributed by atoms with Gasteiger partial charge in [-0.05, 0) is 26.7 Å². The molecule has 2 heterocycles. The Hall–Kier alpha value is -1.36. The topological polar surface area (TPSA) is 56.3 Å². The molecule has 1 saturated heterocycles. The maximum absolute atomic E-state index is 5.69. The van der Waals surface area contributed by atoms with Crippen molar-refractivity contribution in [2.45, 2.75) is 39.7 Å². The fourth-order valence-corrected chi connectivity index (χ4v) is 2.47. The molecule has 0 amide bonds. The summed E-state index contributed by atoms with van der Waals surface area (Å²) in [6, 6.07) is 1.85. The zero-order valence-corrected chi connectivity index (χ0v) is 12.0. The molecule has 0 aliphatic carbocycles. The molecule has 0 radical (unpaired) electrons. The predicted octanol–water partition coefficient (Wildman–Crippen LogP) is 2.41. The fourth-order valence-electron chi connectivity index (χ4n) is 2.47. The van der Waals surface area contributed by atoms with Gasteiger partial charge in [-0.2, -0.15) is 4.98 Å². The van der Waals surface area contributed by atoms with Crippen LogP contribution < -0.4 is 10.1 Å². The van der Waals surface area contributed by atoms with Gasteiger partial charge < -0.3 is 14.8 Å². The van der Waals surface area contributed by atoms with Crippen LogP contribution in [0.15, 0.2) is 6.07 Å². The third-order valence-corrected chi connectivity index (χ3v) is 3.40. The van der Waals surface area contributed by atoms with E-state index in [0.717, 1.165) is 37.6 Å². The smallest absolute Gasteiger partial charge is 0.218 e. The lowest BCUT2D eigenvalue weighted by atomic mass is 10.00. The van der Waals surface area contributed by atoms with Crippen LogP contribution in [0.25, 0.3) is 0 Å². The molecule has 1 fully saturated rings. The van der Waals surface area contributed by atoms with E-state index < -0.39 is 0 Å². The van der Waals surface area contributed by atoms with E-state index >= 15 is 0 Å². The van der Waals surface area contributed by atoms with E-state index in [1.165, 1.54) is 0 Å². The highest BCUT2D eigenvalue weighted by Gasteiger charge is 2.26. The number of nitrogens with zero attached hydrogens (tertiary/aromatic N) is 2. The van der Waals surface area contributed by atoms with Gasteiger partial charge in [0.05, 0.1) is 12.7 Å². The van der Waals surface area contributed by atoms with E-state index in [-0.39, 0.29) is 0 Å². The molecule has 2 atom stereocenters. The molecule has 1 aliphatic heterocycles. The number of rotatable bonds is 6. The van der Waals surface area contributed by atoms with Gasteiger partial charge in [-0.25, -0.2) is 4.98 Å². The monoisotopic (exact) mass is 265 g/mol. The number of anilines is 1. The van der Waals surface area contributed by atoms with Crippen LogP contribution in [0.1, 0.15) is 32.5 Å². The normalized spacial score (nSPS) is 22.5. The van der Waals surface area contributed by atoms with Gasteiger partial charge in [0.1, 0.15) is 11.6 Å². The van der Waals surface area contributed by atoms with Crippen LogP contribution in [0.4, 0.5) is 5.82 Å². The molecular weight excluding hydrogens is 242 g/mol. The van der Waals surface area contributed by atoms with Crippen molar-refractivity contribution in [2.24, 2.45) is 5.92 Å². The first-order chi connectivity index (χ1) is 9.22. The van der Waals surface area contributed by atoms with Crippen LogP contribution in [-0.2, 0) is 4.74 Å². The largest absolute Gasteiger partial charge is 0.478 e. The summed E-state index contributed by atoms with van der Waals surface area (Å²) in [5.41, 5.74) is 0. The molecule has 1 aromatic heterocycles. The lowest BCUT2D eigenvalue weighted by Gasteiger charge is -2.17. The van der Waals surface area contributed by atoms with E-state index in [4.69, 9.17) is 9.47 Å². The molecular formula is C14H23N3O2. The Bertz CT molecular complexity index is 412. The standard InChI is InChI=1S/C14H23N3O2/c1-4-12-11(6-7-19-12)9-15-13-8-14(18-5-2)17-10(3)16-13/h8,11-12H,4-7,9H2,1-3H3,(H,15,16,17). The van der Waals surface area contributed by atoms with Gasteiger partial charge in [-0.15, -0.1) is 0 Å². The molecule has 1 aliphatic rings. The highest BCUT2D eigenvalue weighted by molar-refractivity contribution is 5.38. The number of aryl methyl sites for hydroxylation is 1. The first-order valence-electron chi connectivity index (χ1n) is 7.06. The number of nitrogens with one attached hydrogen (secondary N) is 1. The molecule has 106 valence electrons. The van der Waals surface area contributed by atoms with Crippen molar-refractivity contribution in [2.75, 3.05) is 25.1 Å². The third-order valence-electron chi connectivity index (χ3n) is 3.40. The van der Waals surface area contributed by atoms with Gasteiger partial charge in [0, 0.05) is 25.1 Å². The van der Waals surface area contributed by atoms with Crippen LogP contribution in [0.2, 0.25) is 0 Å². The van der Waals surface area contributed by atoms with Gasteiger partial charge >= 0.3 is 0 Å². The van der Waals surface area contributed by atoms with Crippen LogP contribution >= 0.6 is 0 Å². The van der Waals surface area contributed by atoms with Gasteiger partial charge in [-0.3, -0.25) is 0 Å². The Morgan fingerprint density at radius 3 is 3.00 bits per heavy atom. The molecule has 1 aromatic rings. The first kappa shape index (κ1) is 14.1. The third kappa shape index (κ3) is 3.80. The van der Waals surface area contributed by atoms with E-state index in [1.807, 2.05) is 19.9 Å². The molecule has 2 rings (SSSR count). The maximum atomic E-state index is 5.69. The minimum atomic E-state index is 0.377. The summed E-state index contributed by atoms with van der Waals surface area (Å²) in [5, 5.41) is 3.38. The van der Waals surface area contributed by atoms with Crippen LogP contribution in [0.5, 0.6) is 5.88 Å². The molecule has 0 spiro atoms. The highest BCUT2D eigenvalue weighted by atomic mass is 16.5. The van der Waals surface area contributed by atoms with E-state index in [2.05, 4.69) is 22.2 Å². The second-order valence-corrected chi connectivity index (χ2v) is 4.82. The van der Waals surface area contributed by atoms with Crippen LogP contribution in [0.3, 0.4) is 0 Å². The predicted molar refractivity (Wildman–Crippen MR) is 74.6 cm³/mol. The van der Waals surface area contributed by atoms with Crippen molar-refractivity contribution in [3.63, 3.8) is 0 Å². The second kappa shape index (κ2) is 6.70. The second-order valence-electron chi connectivity index (χ2n) is 4.82. The van der Waals surface area contributed by atoms with Crippen LogP contribution in [-0.4, -0.2) is 35.8 Å².